The first-order valence-corrected chi connectivity index (χ1v) is 7.90. The SMILES string of the molecule is CN=C(NCCCN(C)c1ccccc1)NCc1ccccn1. The number of nitrogens with one attached hydrogen (secondary N) is 2. The van der Waals surface area contributed by atoms with E-state index in [4.69, 9.17) is 0 Å². The number of guanidine groups is 1. The molecule has 0 aliphatic heterocycles. The highest BCUT2D eigenvalue weighted by Crippen LogP contribution is 2.10. The predicted molar refractivity (Wildman–Crippen MR) is 96.8 cm³/mol. The first-order valence-electron chi connectivity index (χ1n) is 7.90. The van der Waals surface area contributed by atoms with Crippen molar-refractivity contribution in [3.63, 3.8) is 0 Å². The molecule has 0 bridgehead atoms. The first-order chi connectivity index (χ1) is 11.3. The van der Waals surface area contributed by atoms with Crippen molar-refractivity contribution in [3.8, 4) is 0 Å². The molecule has 2 N–H and O–H groups in total. The van der Waals surface area contributed by atoms with Gasteiger partial charge in [0.25, 0.3) is 0 Å². The van der Waals surface area contributed by atoms with Crippen LogP contribution in [-0.2, 0) is 6.54 Å². The lowest BCUT2D eigenvalue weighted by atomic mass is 10.3. The molecule has 0 amide bonds. The normalized spacial score (nSPS) is 11.1. The maximum absolute atomic E-state index is 4.29. The predicted octanol–water partition coefficient (Wildman–Crippen LogP) is 2.27. The summed E-state index contributed by atoms with van der Waals surface area (Å²) in [5.74, 6) is 0.804. The van der Waals surface area contributed by atoms with E-state index in [2.05, 4.69) is 56.8 Å². The van der Waals surface area contributed by atoms with Crippen LogP contribution in [0.2, 0.25) is 0 Å². The molecule has 5 nitrogen and oxygen atoms in total. The molecule has 2 aromatic rings. The van der Waals surface area contributed by atoms with Crippen LogP contribution in [0.3, 0.4) is 0 Å². The molecule has 0 atom stereocenters. The van der Waals surface area contributed by atoms with Crippen molar-refractivity contribution < 1.29 is 0 Å². The second-order valence-corrected chi connectivity index (χ2v) is 5.28. The van der Waals surface area contributed by atoms with Crippen molar-refractivity contribution in [2.24, 2.45) is 4.99 Å². The van der Waals surface area contributed by atoms with Gasteiger partial charge in [-0.15, -0.1) is 0 Å². The van der Waals surface area contributed by atoms with Gasteiger partial charge in [0.05, 0.1) is 12.2 Å². The fraction of sp³-hybridized carbons (Fsp3) is 0.333. The van der Waals surface area contributed by atoms with Gasteiger partial charge in [0.2, 0.25) is 0 Å². The molecule has 0 spiro atoms. The summed E-state index contributed by atoms with van der Waals surface area (Å²) < 4.78 is 0. The number of pyridine rings is 1. The Morgan fingerprint density at radius 3 is 2.57 bits per heavy atom. The second-order valence-electron chi connectivity index (χ2n) is 5.28. The fourth-order valence-electron chi connectivity index (χ4n) is 2.23. The average molecular weight is 311 g/mol. The maximum atomic E-state index is 4.29. The Hall–Kier alpha value is -2.56. The summed E-state index contributed by atoms with van der Waals surface area (Å²) >= 11 is 0. The number of hydrogen-bond donors (Lipinski definition) is 2. The van der Waals surface area contributed by atoms with E-state index in [0.29, 0.717) is 6.54 Å². The molecular formula is C18H25N5. The Labute approximate surface area is 138 Å². The third-order valence-corrected chi connectivity index (χ3v) is 3.55. The second kappa shape index (κ2) is 9.46. The van der Waals surface area contributed by atoms with Crippen molar-refractivity contribution >= 4 is 11.6 Å². The van der Waals surface area contributed by atoms with Crippen LogP contribution in [0.1, 0.15) is 12.1 Å². The van der Waals surface area contributed by atoms with Crippen LogP contribution in [-0.4, -0.2) is 38.1 Å². The van der Waals surface area contributed by atoms with Crippen LogP contribution in [0.25, 0.3) is 0 Å². The van der Waals surface area contributed by atoms with Gasteiger partial charge in [-0.05, 0) is 30.7 Å². The monoisotopic (exact) mass is 311 g/mol. The summed E-state index contributed by atoms with van der Waals surface area (Å²) in [7, 11) is 3.90. The Morgan fingerprint density at radius 1 is 1.09 bits per heavy atom. The van der Waals surface area contributed by atoms with Gasteiger partial charge in [-0.1, -0.05) is 24.3 Å². The summed E-state index contributed by atoms with van der Waals surface area (Å²) in [6.45, 7) is 2.54. The van der Waals surface area contributed by atoms with Crippen LogP contribution in [0.5, 0.6) is 0 Å². The van der Waals surface area contributed by atoms with Crippen molar-refractivity contribution in [3.05, 3.63) is 60.4 Å². The van der Waals surface area contributed by atoms with Gasteiger partial charge in [0.1, 0.15) is 0 Å². The van der Waals surface area contributed by atoms with Crippen molar-refractivity contribution in [1.29, 1.82) is 0 Å². The zero-order valence-corrected chi connectivity index (χ0v) is 13.9. The molecule has 0 fully saturated rings. The number of aliphatic imine (C=N–C) groups is 1. The number of aromatic nitrogens is 1. The van der Waals surface area contributed by atoms with E-state index < -0.39 is 0 Å². The smallest absolute Gasteiger partial charge is 0.191 e. The minimum Gasteiger partial charge on any atom is -0.375 e. The molecule has 0 aliphatic rings. The molecule has 0 saturated heterocycles. The number of benzene rings is 1. The lowest BCUT2D eigenvalue weighted by Gasteiger charge is -2.19. The van der Waals surface area contributed by atoms with E-state index >= 15 is 0 Å². The molecule has 1 aromatic heterocycles. The number of rotatable bonds is 7. The van der Waals surface area contributed by atoms with Crippen molar-refractivity contribution in [2.45, 2.75) is 13.0 Å². The van der Waals surface area contributed by atoms with Gasteiger partial charge in [0, 0.05) is 39.1 Å². The van der Waals surface area contributed by atoms with Gasteiger partial charge in [-0.25, -0.2) is 0 Å². The van der Waals surface area contributed by atoms with E-state index in [1.165, 1.54) is 5.69 Å². The first kappa shape index (κ1) is 16.8. The van der Waals surface area contributed by atoms with Crippen LogP contribution in [0, 0.1) is 0 Å². The summed E-state index contributed by atoms with van der Waals surface area (Å²) in [4.78, 5) is 10.8. The maximum Gasteiger partial charge on any atom is 0.191 e. The van der Waals surface area contributed by atoms with E-state index in [1.807, 2.05) is 24.3 Å². The summed E-state index contributed by atoms with van der Waals surface area (Å²) in [6.07, 6.45) is 2.84. The molecule has 2 rings (SSSR count). The number of nitrogens with zero attached hydrogens (tertiary/aromatic N) is 3. The third-order valence-electron chi connectivity index (χ3n) is 3.55. The Balaban J connectivity index is 1.66. The molecule has 0 aliphatic carbocycles. The topological polar surface area (TPSA) is 52.6 Å². The van der Waals surface area contributed by atoms with Gasteiger partial charge in [0.15, 0.2) is 5.96 Å². The Kier molecular flexibility index (Phi) is 6.91. The van der Waals surface area contributed by atoms with E-state index in [1.54, 1.807) is 13.2 Å². The van der Waals surface area contributed by atoms with E-state index in [-0.39, 0.29) is 0 Å². The lowest BCUT2D eigenvalue weighted by molar-refractivity contribution is 0.726. The summed E-state index contributed by atoms with van der Waals surface area (Å²) in [5, 5.41) is 6.60. The third kappa shape index (κ3) is 5.98. The van der Waals surface area contributed by atoms with E-state index in [9.17, 15) is 0 Å². The minimum absolute atomic E-state index is 0.671. The molecule has 1 heterocycles. The van der Waals surface area contributed by atoms with Gasteiger partial charge < -0.3 is 15.5 Å². The molecular weight excluding hydrogens is 286 g/mol. The van der Waals surface area contributed by atoms with Gasteiger partial charge in [-0.3, -0.25) is 9.98 Å². The standard InChI is InChI=1S/C18H25N5/c1-19-18(22-15-16-9-6-7-12-20-16)21-13-8-14-23(2)17-10-4-3-5-11-17/h3-7,9-12H,8,13-15H2,1-2H3,(H2,19,21,22). The molecule has 0 unspecified atom stereocenters. The highest BCUT2D eigenvalue weighted by Gasteiger charge is 2.01. The quantitative estimate of drug-likeness (QED) is 0.468. The van der Waals surface area contributed by atoms with Gasteiger partial charge >= 0.3 is 0 Å². The minimum atomic E-state index is 0.671. The number of para-hydroxylation sites is 1. The molecule has 0 saturated carbocycles. The average Bonchev–Trinajstić information content (AvgIpc) is 2.62. The Bertz CT molecular complexity index is 583. The molecule has 23 heavy (non-hydrogen) atoms. The molecule has 122 valence electrons. The largest absolute Gasteiger partial charge is 0.375 e. The molecule has 1 aromatic carbocycles. The van der Waals surface area contributed by atoms with Crippen LogP contribution in [0.15, 0.2) is 59.7 Å². The molecule has 5 heteroatoms. The number of anilines is 1. The van der Waals surface area contributed by atoms with Gasteiger partial charge in [-0.2, -0.15) is 0 Å². The highest BCUT2D eigenvalue weighted by molar-refractivity contribution is 5.79. The highest BCUT2D eigenvalue weighted by atomic mass is 15.2. The zero-order valence-electron chi connectivity index (χ0n) is 13.9. The summed E-state index contributed by atoms with van der Waals surface area (Å²) in [6, 6.07) is 16.3. The Morgan fingerprint density at radius 2 is 1.87 bits per heavy atom. The van der Waals surface area contributed by atoms with Crippen molar-refractivity contribution in [2.75, 3.05) is 32.1 Å². The van der Waals surface area contributed by atoms with Crippen LogP contribution in [0.4, 0.5) is 5.69 Å². The fourth-order valence-corrected chi connectivity index (χ4v) is 2.23. The van der Waals surface area contributed by atoms with Crippen molar-refractivity contribution in [1.82, 2.24) is 15.6 Å². The van der Waals surface area contributed by atoms with Crippen LogP contribution >= 0.6 is 0 Å². The molecule has 0 radical (unpaired) electrons. The van der Waals surface area contributed by atoms with Crippen LogP contribution < -0.4 is 15.5 Å². The van der Waals surface area contributed by atoms with E-state index in [0.717, 1.165) is 31.2 Å². The number of hydrogen-bond acceptors (Lipinski definition) is 3. The zero-order chi connectivity index (χ0) is 16.3. The summed E-state index contributed by atoms with van der Waals surface area (Å²) in [5.41, 5.74) is 2.24. The lowest BCUT2D eigenvalue weighted by Crippen LogP contribution is -2.38.